The van der Waals surface area contributed by atoms with E-state index in [9.17, 15) is 19.8 Å². The number of hydrogen-bond donors (Lipinski definition) is 4. The summed E-state index contributed by atoms with van der Waals surface area (Å²) in [6, 6.07) is 0. The molecule has 80 valence electrons. The number of aliphatic hydroxyl groups excluding tert-OH is 2. The second-order valence-corrected chi connectivity index (χ2v) is 3.57. The van der Waals surface area contributed by atoms with Crippen LogP contribution < -0.4 is 5.32 Å². The number of hydrogen-bond acceptors (Lipinski definition) is 4. The number of carbonyl (C=O) groups is 2. The predicted octanol–water partition coefficient (Wildman–Crippen LogP) is -1.68. The van der Waals surface area contributed by atoms with Crippen molar-refractivity contribution in [3.8, 4) is 0 Å². The molecule has 4 atom stereocenters. The van der Waals surface area contributed by atoms with Crippen LogP contribution in [0.5, 0.6) is 0 Å². The van der Waals surface area contributed by atoms with E-state index in [2.05, 4.69) is 5.32 Å². The Morgan fingerprint density at radius 1 is 1.64 bits per heavy atom. The van der Waals surface area contributed by atoms with Crippen LogP contribution in [0.25, 0.3) is 0 Å². The molecular weight excluding hydrogens is 190 g/mol. The smallest absolute Gasteiger partial charge is 0.334 e. The van der Waals surface area contributed by atoms with Crippen LogP contribution >= 0.6 is 0 Å². The van der Waals surface area contributed by atoms with Crippen molar-refractivity contribution in [2.24, 2.45) is 5.92 Å². The molecule has 1 rings (SSSR count). The number of aliphatic carboxylic acids is 1. The van der Waals surface area contributed by atoms with Crippen LogP contribution in [-0.2, 0) is 9.59 Å². The van der Waals surface area contributed by atoms with Crippen LogP contribution in [0.15, 0.2) is 0 Å². The van der Waals surface area contributed by atoms with Gasteiger partial charge in [-0.05, 0) is 6.92 Å². The van der Waals surface area contributed by atoms with Crippen LogP contribution in [-0.4, -0.2) is 44.9 Å². The van der Waals surface area contributed by atoms with E-state index in [1.165, 1.54) is 13.8 Å². The highest BCUT2D eigenvalue weighted by Gasteiger charge is 2.59. The zero-order valence-electron chi connectivity index (χ0n) is 7.89. The van der Waals surface area contributed by atoms with Crippen molar-refractivity contribution in [2.75, 3.05) is 0 Å². The molecule has 0 aromatic carbocycles. The Balaban J connectivity index is 3.14. The highest BCUT2D eigenvalue weighted by Crippen LogP contribution is 2.29. The highest BCUT2D eigenvalue weighted by atomic mass is 16.4. The van der Waals surface area contributed by atoms with Crippen molar-refractivity contribution >= 4 is 11.9 Å². The minimum absolute atomic E-state index is 0.569. The molecule has 0 saturated carbocycles. The molecule has 0 spiro atoms. The lowest BCUT2D eigenvalue weighted by Gasteiger charge is -2.30. The van der Waals surface area contributed by atoms with Crippen molar-refractivity contribution in [3.05, 3.63) is 0 Å². The van der Waals surface area contributed by atoms with Gasteiger partial charge in [0.1, 0.15) is 6.10 Å². The first-order valence-electron chi connectivity index (χ1n) is 4.25. The summed E-state index contributed by atoms with van der Waals surface area (Å²) in [5, 5.41) is 30.0. The Labute approximate surface area is 80.5 Å². The van der Waals surface area contributed by atoms with Gasteiger partial charge in [0.2, 0.25) is 5.91 Å². The van der Waals surface area contributed by atoms with Gasteiger partial charge in [-0.25, -0.2) is 4.79 Å². The Morgan fingerprint density at radius 3 is 2.29 bits per heavy atom. The van der Waals surface area contributed by atoms with Crippen LogP contribution in [0, 0.1) is 5.92 Å². The largest absolute Gasteiger partial charge is 0.479 e. The zero-order valence-corrected chi connectivity index (χ0v) is 7.89. The number of carboxylic acid groups (broad SMARTS) is 1. The van der Waals surface area contributed by atoms with Crippen LogP contribution in [0.2, 0.25) is 0 Å². The molecule has 4 N–H and O–H groups in total. The van der Waals surface area contributed by atoms with Gasteiger partial charge < -0.3 is 20.6 Å². The molecule has 6 heteroatoms. The summed E-state index contributed by atoms with van der Waals surface area (Å²) in [5.74, 6) is -2.83. The standard InChI is InChI=1S/C8H13NO5/c1-3-5(11)8(4(2)10,7(13)14)9-6(3)12/h3-5,10-11H,1-2H3,(H,9,12)(H,13,14)/t3-,4?,5?,8?/m1/s1. The van der Waals surface area contributed by atoms with Gasteiger partial charge in [0.05, 0.1) is 12.0 Å². The highest BCUT2D eigenvalue weighted by molar-refractivity contribution is 5.94. The Hall–Kier alpha value is -1.14. The fourth-order valence-corrected chi connectivity index (χ4v) is 1.64. The van der Waals surface area contributed by atoms with E-state index in [-0.39, 0.29) is 0 Å². The molecular formula is C8H13NO5. The molecule has 6 nitrogen and oxygen atoms in total. The summed E-state index contributed by atoms with van der Waals surface area (Å²) in [7, 11) is 0. The van der Waals surface area contributed by atoms with E-state index in [0.29, 0.717) is 0 Å². The second-order valence-electron chi connectivity index (χ2n) is 3.57. The van der Waals surface area contributed by atoms with E-state index in [1.807, 2.05) is 0 Å². The van der Waals surface area contributed by atoms with E-state index in [4.69, 9.17) is 5.11 Å². The molecule has 0 aromatic rings. The Morgan fingerprint density at radius 2 is 2.14 bits per heavy atom. The van der Waals surface area contributed by atoms with Crippen LogP contribution in [0.3, 0.4) is 0 Å². The predicted molar refractivity (Wildman–Crippen MR) is 45.4 cm³/mol. The average molecular weight is 203 g/mol. The van der Waals surface area contributed by atoms with Crippen LogP contribution in [0.4, 0.5) is 0 Å². The van der Waals surface area contributed by atoms with Gasteiger partial charge in [-0.1, -0.05) is 6.92 Å². The SMILES string of the molecule is CC(O)C1(C(=O)O)NC(=O)[C@H](C)C1O. The monoisotopic (exact) mass is 203 g/mol. The topological polar surface area (TPSA) is 107 Å². The van der Waals surface area contributed by atoms with Gasteiger partial charge in [-0.3, -0.25) is 4.79 Å². The lowest BCUT2D eigenvalue weighted by atomic mass is 9.85. The Kier molecular flexibility index (Phi) is 2.51. The van der Waals surface area contributed by atoms with Crippen molar-refractivity contribution in [2.45, 2.75) is 31.6 Å². The maximum absolute atomic E-state index is 11.2. The molecule has 1 saturated heterocycles. The molecule has 1 aliphatic rings. The van der Waals surface area contributed by atoms with Gasteiger partial charge in [0.15, 0.2) is 5.54 Å². The summed E-state index contributed by atoms with van der Waals surface area (Å²) in [6.45, 7) is 2.63. The average Bonchev–Trinajstić information content (AvgIpc) is 2.30. The molecule has 1 amide bonds. The maximum atomic E-state index is 11.2. The third-order valence-corrected chi connectivity index (χ3v) is 2.70. The quantitative estimate of drug-likeness (QED) is 0.428. The number of carboxylic acids is 1. The molecule has 0 aliphatic carbocycles. The van der Waals surface area contributed by atoms with Crippen molar-refractivity contribution in [1.82, 2.24) is 5.32 Å². The molecule has 3 unspecified atom stereocenters. The van der Waals surface area contributed by atoms with Gasteiger partial charge in [0, 0.05) is 0 Å². The van der Waals surface area contributed by atoms with Crippen molar-refractivity contribution in [1.29, 1.82) is 0 Å². The fraction of sp³-hybridized carbons (Fsp3) is 0.750. The van der Waals surface area contributed by atoms with E-state index in [0.717, 1.165) is 0 Å². The van der Waals surface area contributed by atoms with Gasteiger partial charge in [0.25, 0.3) is 0 Å². The lowest BCUT2D eigenvalue weighted by molar-refractivity contribution is -0.155. The second kappa shape index (κ2) is 3.21. The molecule has 1 heterocycles. The van der Waals surface area contributed by atoms with E-state index < -0.39 is 35.5 Å². The molecule has 0 bridgehead atoms. The third-order valence-electron chi connectivity index (χ3n) is 2.70. The normalized spacial score (nSPS) is 39.3. The van der Waals surface area contributed by atoms with Crippen molar-refractivity contribution < 1.29 is 24.9 Å². The van der Waals surface area contributed by atoms with Gasteiger partial charge in [-0.2, -0.15) is 0 Å². The fourth-order valence-electron chi connectivity index (χ4n) is 1.64. The van der Waals surface area contributed by atoms with E-state index >= 15 is 0 Å². The molecule has 14 heavy (non-hydrogen) atoms. The summed E-state index contributed by atoms with van der Waals surface area (Å²) in [6.07, 6.45) is -2.78. The zero-order chi connectivity index (χ0) is 11.1. The number of rotatable bonds is 2. The number of amides is 1. The van der Waals surface area contributed by atoms with Gasteiger partial charge >= 0.3 is 5.97 Å². The third kappa shape index (κ3) is 1.18. The summed E-state index contributed by atoms with van der Waals surface area (Å²) in [5.41, 5.74) is -1.98. The first kappa shape index (κ1) is 10.9. The molecule has 1 fully saturated rings. The summed E-state index contributed by atoms with van der Waals surface area (Å²) in [4.78, 5) is 22.1. The first-order chi connectivity index (χ1) is 6.34. The molecule has 1 aliphatic heterocycles. The van der Waals surface area contributed by atoms with E-state index in [1.54, 1.807) is 0 Å². The number of nitrogens with one attached hydrogen (secondary N) is 1. The minimum Gasteiger partial charge on any atom is -0.479 e. The number of aliphatic hydroxyl groups is 2. The first-order valence-corrected chi connectivity index (χ1v) is 4.25. The minimum atomic E-state index is -1.98. The molecule has 0 radical (unpaired) electrons. The summed E-state index contributed by atoms with van der Waals surface area (Å²) >= 11 is 0. The number of carbonyl (C=O) groups excluding carboxylic acids is 1. The lowest BCUT2D eigenvalue weighted by Crippen LogP contribution is -2.62. The maximum Gasteiger partial charge on any atom is 0.334 e. The van der Waals surface area contributed by atoms with Crippen molar-refractivity contribution in [3.63, 3.8) is 0 Å². The molecule has 0 aromatic heterocycles. The van der Waals surface area contributed by atoms with Gasteiger partial charge in [-0.15, -0.1) is 0 Å². The Bertz CT molecular complexity index is 277. The van der Waals surface area contributed by atoms with Crippen LogP contribution in [0.1, 0.15) is 13.8 Å². The summed E-state index contributed by atoms with van der Waals surface area (Å²) < 4.78 is 0.